The lowest BCUT2D eigenvalue weighted by Gasteiger charge is -2.18. The van der Waals surface area contributed by atoms with Gasteiger partial charge in [0.25, 0.3) is 0 Å². The number of hydrogen-bond donors (Lipinski definition) is 1. The number of aliphatic hydroxyl groups excluding tert-OH is 1. The SMILES string of the molecule is COCCCc1cn2c(n1)CC(O)CC2. The van der Waals surface area contributed by atoms with E-state index in [9.17, 15) is 5.11 Å². The van der Waals surface area contributed by atoms with E-state index in [4.69, 9.17) is 4.74 Å². The molecule has 4 nitrogen and oxygen atoms in total. The second-order valence-electron chi connectivity index (χ2n) is 4.08. The first-order chi connectivity index (χ1) is 7.29. The summed E-state index contributed by atoms with van der Waals surface area (Å²) in [6, 6.07) is 0. The van der Waals surface area contributed by atoms with Crippen LogP contribution in [-0.2, 0) is 24.1 Å². The number of aromatic nitrogens is 2. The number of aliphatic hydroxyl groups is 1. The van der Waals surface area contributed by atoms with Gasteiger partial charge in [0.05, 0.1) is 11.8 Å². The Labute approximate surface area is 89.9 Å². The minimum Gasteiger partial charge on any atom is -0.393 e. The number of rotatable bonds is 4. The molecular weight excluding hydrogens is 192 g/mol. The van der Waals surface area contributed by atoms with Crippen LogP contribution in [0.5, 0.6) is 0 Å². The third-order valence-electron chi connectivity index (χ3n) is 2.81. The van der Waals surface area contributed by atoms with Crippen LogP contribution in [0.2, 0.25) is 0 Å². The summed E-state index contributed by atoms with van der Waals surface area (Å²) in [7, 11) is 1.72. The molecule has 0 aliphatic carbocycles. The average molecular weight is 210 g/mol. The number of aryl methyl sites for hydroxylation is 2. The third kappa shape index (κ3) is 2.58. The summed E-state index contributed by atoms with van der Waals surface area (Å²) < 4.78 is 7.17. The molecule has 0 amide bonds. The molecule has 84 valence electrons. The molecule has 0 bridgehead atoms. The molecule has 0 saturated carbocycles. The Balaban J connectivity index is 1.96. The normalized spacial score (nSPS) is 20.3. The van der Waals surface area contributed by atoms with Crippen molar-refractivity contribution >= 4 is 0 Å². The molecule has 1 atom stereocenters. The number of fused-ring (bicyclic) bond motifs is 1. The summed E-state index contributed by atoms with van der Waals surface area (Å²) in [6.07, 6.45) is 5.42. The predicted octanol–water partition coefficient (Wildman–Crippen LogP) is 0.769. The standard InChI is InChI=1S/C11H18N2O2/c1-15-6-2-3-9-8-13-5-4-10(14)7-11(13)12-9/h8,10,14H,2-7H2,1H3. The molecule has 0 radical (unpaired) electrons. The van der Waals surface area contributed by atoms with Crippen molar-refractivity contribution in [1.82, 2.24) is 9.55 Å². The minimum atomic E-state index is -0.202. The lowest BCUT2D eigenvalue weighted by atomic mass is 10.1. The Morgan fingerprint density at radius 1 is 1.67 bits per heavy atom. The zero-order valence-corrected chi connectivity index (χ0v) is 9.15. The highest BCUT2D eigenvalue weighted by molar-refractivity contribution is 5.07. The Morgan fingerprint density at radius 2 is 2.53 bits per heavy atom. The molecule has 1 aromatic heterocycles. The smallest absolute Gasteiger partial charge is 0.111 e. The molecule has 0 spiro atoms. The van der Waals surface area contributed by atoms with Gasteiger partial charge in [-0.15, -0.1) is 0 Å². The molecule has 1 N–H and O–H groups in total. The van der Waals surface area contributed by atoms with Crippen LogP contribution >= 0.6 is 0 Å². The second kappa shape index (κ2) is 4.77. The molecule has 0 fully saturated rings. The highest BCUT2D eigenvalue weighted by Gasteiger charge is 2.18. The van der Waals surface area contributed by atoms with Crippen LogP contribution in [0.3, 0.4) is 0 Å². The van der Waals surface area contributed by atoms with Crippen molar-refractivity contribution in [1.29, 1.82) is 0 Å². The Kier molecular flexibility index (Phi) is 3.38. The van der Waals surface area contributed by atoms with Crippen LogP contribution in [0.15, 0.2) is 6.20 Å². The van der Waals surface area contributed by atoms with E-state index in [1.807, 2.05) is 0 Å². The molecule has 1 unspecified atom stereocenters. The van der Waals surface area contributed by atoms with Gasteiger partial charge in [-0.25, -0.2) is 4.98 Å². The molecule has 1 aromatic rings. The summed E-state index contributed by atoms with van der Waals surface area (Å²) in [6.45, 7) is 1.68. The van der Waals surface area contributed by atoms with Crippen molar-refractivity contribution in [2.24, 2.45) is 0 Å². The van der Waals surface area contributed by atoms with Gasteiger partial charge in [-0.3, -0.25) is 0 Å². The first-order valence-electron chi connectivity index (χ1n) is 5.51. The van der Waals surface area contributed by atoms with Crippen LogP contribution in [-0.4, -0.2) is 34.5 Å². The molecule has 1 aliphatic rings. The highest BCUT2D eigenvalue weighted by atomic mass is 16.5. The number of nitrogens with zero attached hydrogens (tertiary/aromatic N) is 2. The summed E-state index contributed by atoms with van der Waals surface area (Å²) in [5, 5.41) is 9.51. The lowest BCUT2D eigenvalue weighted by Crippen LogP contribution is -2.22. The molecule has 0 aromatic carbocycles. The van der Waals surface area contributed by atoms with Gasteiger partial charge in [-0.2, -0.15) is 0 Å². The molecule has 2 rings (SSSR count). The fourth-order valence-electron chi connectivity index (χ4n) is 1.99. The third-order valence-corrected chi connectivity index (χ3v) is 2.81. The van der Waals surface area contributed by atoms with E-state index in [1.165, 1.54) is 0 Å². The van der Waals surface area contributed by atoms with Crippen LogP contribution in [0.25, 0.3) is 0 Å². The van der Waals surface area contributed by atoms with Crippen LogP contribution in [0.4, 0.5) is 0 Å². The maximum Gasteiger partial charge on any atom is 0.111 e. The van der Waals surface area contributed by atoms with Gasteiger partial charge >= 0.3 is 0 Å². The predicted molar refractivity (Wildman–Crippen MR) is 56.8 cm³/mol. The van der Waals surface area contributed by atoms with Crippen molar-refractivity contribution in [2.45, 2.75) is 38.3 Å². The van der Waals surface area contributed by atoms with Crippen molar-refractivity contribution in [2.75, 3.05) is 13.7 Å². The highest BCUT2D eigenvalue weighted by Crippen LogP contribution is 2.15. The van der Waals surface area contributed by atoms with Gasteiger partial charge in [0.2, 0.25) is 0 Å². The maximum atomic E-state index is 9.51. The van der Waals surface area contributed by atoms with E-state index in [1.54, 1.807) is 7.11 Å². The van der Waals surface area contributed by atoms with Crippen molar-refractivity contribution in [3.05, 3.63) is 17.7 Å². The van der Waals surface area contributed by atoms with E-state index in [0.29, 0.717) is 6.42 Å². The molecule has 2 heterocycles. The van der Waals surface area contributed by atoms with Gasteiger partial charge < -0.3 is 14.4 Å². The molecule has 1 aliphatic heterocycles. The van der Waals surface area contributed by atoms with E-state index < -0.39 is 0 Å². The molecular formula is C11H18N2O2. The monoisotopic (exact) mass is 210 g/mol. The van der Waals surface area contributed by atoms with Crippen molar-refractivity contribution < 1.29 is 9.84 Å². The van der Waals surface area contributed by atoms with E-state index in [-0.39, 0.29) is 6.10 Å². The van der Waals surface area contributed by atoms with E-state index in [0.717, 1.165) is 43.9 Å². The Hall–Kier alpha value is -0.870. The summed E-state index contributed by atoms with van der Waals surface area (Å²) in [4.78, 5) is 4.52. The van der Waals surface area contributed by atoms with Crippen LogP contribution in [0.1, 0.15) is 24.4 Å². The van der Waals surface area contributed by atoms with Gasteiger partial charge in [-0.05, 0) is 19.3 Å². The summed E-state index contributed by atoms with van der Waals surface area (Å²) >= 11 is 0. The zero-order chi connectivity index (χ0) is 10.7. The summed E-state index contributed by atoms with van der Waals surface area (Å²) in [5.74, 6) is 1.03. The van der Waals surface area contributed by atoms with Crippen LogP contribution < -0.4 is 0 Å². The van der Waals surface area contributed by atoms with Crippen molar-refractivity contribution in [3.8, 4) is 0 Å². The Bertz CT molecular complexity index is 322. The maximum absolute atomic E-state index is 9.51. The molecule has 15 heavy (non-hydrogen) atoms. The number of hydrogen-bond acceptors (Lipinski definition) is 3. The van der Waals surface area contributed by atoms with E-state index in [2.05, 4.69) is 15.7 Å². The number of ether oxygens (including phenoxy) is 1. The number of methoxy groups -OCH3 is 1. The van der Waals surface area contributed by atoms with E-state index >= 15 is 0 Å². The molecule has 0 saturated heterocycles. The topological polar surface area (TPSA) is 47.3 Å². The number of imidazole rings is 1. The van der Waals surface area contributed by atoms with Crippen molar-refractivity contribution in [3.63, 3.8) is 0 Å². The van der Waals surface area contributed by atoms with Gasteiger partial charge in [0.1, 0.15) is 5.82 Å². The van der Waals surface area contributed by atoms with Crippen LogP contribution in [0, 0.1) is 0 Å². The quantitative estimate of drug-likeness (QED) is 0.747. The lowest BCUT2D eigenvalue weighted by molar-refractivity contribution is 0.141. The summed E-state index contributed by atoms with van der Waals surface area (Å²) in [5.41, 5.74) is 1.12. The fourth-order valence-corrected chi connectivity index (χ4v) is 1.99. The first kappa shape index (κ1) is 10.6. The largest absolute Gasteiger partial charge is 0.393 e. The zero-order valence-electron chi connectivity index (χ0n) is 9.15. The minimum absolute atomic E-state index is 0.202. The Morgan fingerprint density at radius 3 is 3.33 bits per heavy atom. The van der Waals surface area contributed by atoms with Gasteiger partial charge in [-0.1, -0.05) is 0 Å². The second-order valence-corrected chi connectivity index (χ2v) is 4.08. The van der Waals surface area contributed by atoms with Gasteiger partial charge in [0, 0.05) is 32.9 Å². The average Bonchev–Trinajstić information content (AvgIpc) is 2.60. The molecule has 4 heteroatoms. The van der Waals surface area contributed by atoms with Gasteiger partial charge in [0.15, 0.2) is 0 Å². The first-order valence-corrected chi connectivity index (χ1v) is 5.51. The fraction of sp³-hybridized carbons (Fsp3) is 0.727.